The molecule has 138 valence electrons. The lowest BCUT2D eigenvalue weighted by atomic mass is 10.2. The van der Waals surface area contributed by atoms with Crippen LogP contribution in [0.4, 0.5) is 0 Å². The highest BCUT2D eigenvalue weighted by Crippen LogP contribution is 2.15. The second kappa shape index (κ2) is 8.37. The van der Waals surface area contributed by atoms with Gasteiger partial charge in [0.1, 0.15) is 11.3 Å². The Kier molecular flexibility index (Phi) is 5.73. The van der Waals surface area contributed by atoms with Crippen LogP contribution in [-0.2, 0) is 0 Å². The predicted octanol–water partition coefficient (Wildman–Crippen LogP) is 2.45. The third-order valence-corrected chi connectivity index (χ3v) is 4.00. The van der Waals surface area contributed by atoms with Gasteiger partial charge in [0.2, 0.25) is 0 Å². The second-order valence-electron chi connectivity index (χ2n) is 5.61. The predicted molar refractivity (Wildman–Crippen MR) is 101 cm³/mol. The minimum atomic E-state index is -0.525. The number of rotatable bonds is 6. The number of H-pyrrole nitrogens is 1. The summed E-state index contributed by atoms with van der Waals surface area (Å²) in [6.45, 7) is 0.396. The summed E-state index contributed by atoms with van der Waals surface area (Å²) < 4.78 is 5.20. The van der Waals surface area contributed by atoms with Crippen LogP contribution in [0.2, 0.25) is 5.02 Å². The number of carbonyl (C=O) groups is 2. The zero-order chi connectivity index (χ0) is 19.2. The molecular weight excluding hydrogens is 370 g/mol. The summed E-state index contributed by atoms with van der Waals surface area (Å²) in [5.74, 6) is -0.298. The number of hydrogen-bond acceptors (Lipinski definition) is 4. The van der Waals surface area contributed by atoms with E-state index in [4.69, 9.17) is 16.0 Å². The van der Waals surface area contributed by atoms with Crippen molar-refractivity contribution in [1.29, 1.82) is 0 Å². The van der Waals surface area contributed by atoms with Gasteiger partial charge in [0, 0.05) is 23.7 Å². The fourth-order valence-corrected chi connectivity index (χ4v) is 2.50. The molecule has 2 heterocycles. The van der Waals surface area contributed by atoms with Gasteiger partial charge >= 0.3 is 0 Å². The number of nitrogens with one attached hydrogen (secondary N) is 3. The van der Waals surface area contributed by atoms with Gasteiger partial charge in [0.05, 0.1) is 12.0 Å². The number of halogens is 1. The third-order valence-electron chi connectivity index (χ3n) is 3.74. The molecule has 3 rings (SSSR count). The Morgan fingerprint density at radius 2 is 1.67 bits per heavy atom. The molecule has 0 spiro atoms. The smallest absolute Gasteiger partial charge is 0.261 e. The van der Waals surface area contributed by atoms with E-state index in [0.29, 0.717) is 22.0 Å². The number of pyridine rings is 1. The molecule has 27 heavy (non-hydrogen) atoms. The van der Waals surface area contributed by atoms with E-state index >= 15 is 0 Å². The second-order valence-corrected chi connectivity index (χ2v) is 6.05. The molecule has 2 amide bonds. The molecule has 0 saturated carbocycles. The molecule has 0 aliphatic rings. The first-order valence-corrected chi connectivity index (χ1v) is 8.51. The first-order valence-electron chi connectivity index (χ1n) is 8.14. The van der Waals surface area contributed by atoms with Crippen LogP contribution in [0.25, 0.3) is 11.5 Å². The van der Waals surface area contributed by atoms with Gasteiger partial charge in [-0.05, 0) is 48.5 Å². The molecule has 0 aliphatic carbocycles. The molecule has 8 heteroatoms. The van der Waals surface area contributed by atoms with Gasteiger partial charge in [-0.1, -0.05) is 11.6 Å². The summed E-state index contributed by atoms with van der Waals surface area (Å²) in [5, 5.41) is 5.81. The molecule has 0 bridgehead atoms. The lowest BCUT2D eigenvalue weighted by Gasteiger charge is -2.07. The molecule has 0 radical (unpaired) electrons. The SMILES string of the molecule is O=C(NCCNC(=O)c1ccc(-c2ccco2)[nH]c1=O)c1ccc(Cl)cc1. The summed E-state index contributed by atoms with van der Waals surface area (Å²) >= 11 is 5.78. The maximum Gasteiger partial charge on any atom is 0.261 e. The lowest BCUT2D eigenvalue weighted by molar-refractivity contribution is 0.0927. The van der Waals surface area contributed by atoms with Gasteiger partial charge in [0.15, 0.2) is 0 Å². The molecule has 1 aromatic carbocycles. The van der Waals surface area contributed by atoms with E-state index in [1.54, 1.807) is 42.5 Å². The quantitative estimate of drug-likeness (QED) is 0.567. The minimum Gasteiger partial charge on any atom is -0.463 e. The van der Waals surface area contributed by atoms with Crippen molar-refractivity contribution in [2.24, 2.45) is 0 Å². The van der Waals surface area contributed by atoms with Crippen molar-refractivity contribution < 1.29 is 14.0 Å². The van der Waals surface area contributed by atoms with Gasteiger partial charge < -0.3 is 20.0 Å². The Labute approximate surface area is 159 Å². The molecule has 0 unspecified atom stereocenters. The maximum atomic E-state index is 12.1. The molecular formula is C19H16ClN3O4. The van der Waals surface area contributed by atoms with Crippen molar-refractivity contribution in [3.8, 4) is 11.5 Å². The van der Waals surface area contributed by atoms with Gasteiger partial charge in [-0.15, -0.1) is 0 Å². The topological polar surface area (TPSA) is 104 Å². The van der Waals surface area contributed by atoms with Crippen molar-refractivity contribution in [1.82, 2.24) is 15.6 Å². The standard InChI is InChI=1S/C19H16ClN3O4/c20-13-5-3-12(4-6-13)17(24)21-9-10-22-18(25)14-7-8-15(23-19(14)26)16-2-1-11-27-16/h1-8,11H,9-10H2,(H,21,24)(H,22,25)(H,23,26). The summed E-state index contributed by atoms with van der Waals surface area (Å²) in [5.41, 5.74) is 0.411. The van der Waals surface area contributed by atoms with E-state index in [1.807, 2.05) is 0 Å². The number of amides is 2. The zero-order valence-electron chi connectivity index (χ0n) is 14.1. The van der Waals surface area contributed by atoms with Gasteiger partial charge in [0.25, 0.3) is 17.4 Å². The van der Waals surface area contributed by atoms with Crippen LogP contribution in [0, 0.1) is 0 Å². The molecule has 0 fully saturated rings. The number of carbonyl (C=O) groups excluding carboxylic acids is 2. The molecule has 3 N–H and O–H groups in total. The molecule has 2 aromatic heterocycles. The Morgan fingerprint density at radius 1 is 0.963 bits per heavy atom. The van der Waals surface area contributed by atoms with E-state index in [2.05, 4.69) is 15.6 Å². The zero-order valence-corrected chi connectivity index (χ0v) is 14.9. The Morgan fingerprint density at radius 3 is 2.30 bits per heavy atom. The summed E-state index contributed by atoms with van der Waals surface area (Å²) in [7, 11) is 0. The van der Waals surface area contributed by atoms with Crippen molar-refractivity contribution in [3.63, 3.8) is 0 Å². The summed E-state index contributed by atoms with van der Waals surface area (Å²) in [6.07, 6.45) is 1.49. The van der Waals surface area contributed by atoms with E-state index in [0.717, 1.165) is 0 Å². The number of aromatic nitrogens is 1. The minimum absolute atomic E-state index is 0.0191. The molecule has 0 saturated heterocycles. The van der Waals surface area contributed by atoms with Crippen molar-refractivity contribution in [2.75, 3.05) is 13.1 Å². The van der Waals surface area contributed by atoms with Crippen LogP contribution in [0.1, 0.15) is 20.7 Å². The van der Waals surface area contributed by atoms with E-state index < -0.39 is 11.5 Å². The lowest BCUT2D eigenvalue weighted by Crippen LogP contribution is -2.36. The van der Waals surface area contributed by atoms with E-state index in [-0.39, 0.29) is 24.6 Å². The van der Waals surface area contributed by atoms with Crippen LogP contribution < -0.4 is 16.2 Å². The van der Waals surface area contributed by atoms with Crippen LogP contribution >= 0.6 is 11.6 Å². The average Bonchev–Trinajstić information content (AvgIpc) is 3.20. The summed E-state index contributed by atoms with van der Waals surface area (Å²) in [4.78, 5) is 38.8. The van der Waals surface area contributed by atoms with Gasteiger partial charge in [-0.2, -0.15) is 0 Å². The highest BCUT2D eigenvalue weighted by atomic mass is 35.5. The highest BCUT2D eigenvalue weighted by molar-refractivity contribution is 6.30. The van der Waals surface area contributed by atoms with Crippen LogP contribution in [0.5, 0.6) is 0 Å². The average molecular weight is 386 g/mol. The van der Waals surface area contributed by atoms with E-state index in [1.165, 1.54) is 12.3 Å². The molecule has 0 aliphatic heterocycles. The number of hydrogen-bond donors (Lipinski definition) is 3. The Bertz CT molecular complexity index is 995. The molecule has 3 aromatic rings. The largest absolute Gasteiger partial charge is 0.463 e. The van der Waals surface area contributed by atoms with Crippen molar-refractivity contribution >= 4 is 23.4 Å². The normalized spacial score (nSPS) is 10.4. The van der Waals surface area contributed by atoms with Crippen LogP contribution in [0.3, 0.4) is 0 Å². The molecule has 0 atom stereocenters. The monoisotopic (exact) mass is 385 g/mol. The highest BCUT2D eigenvalue weighted by Gasteiger charge is 2.12. The Balaban J connectivity index is 1.51. The fourth-order valence-electron chi connectivity index (χ4n) is 2.38. The maximum absolute atomic E-state index is 12.1. The van der Waals surface area contributed by atoms with E-state index in [9.17, 15) is 14.4 Å². The number of aromatic amines is 1. The number of benzene rings is 1. The molecule has 7 nitrogen and oxygen atoms in total. The van der Waals surface area contributed by atoms with Crippen LogP contribution in [-0.4, -0.2) is 29.9 Å². The van der Waals surface area contributed by atoms with Gasteiger partial charge in [-0.25, -0.2) is 0 Å². The fraction of sp³-hybridized carbons (Fsp3) is 0.105. The van der Waals surface area contributed by atoms with Crippen LogP contribution in [0.15, 0.2) is 64.0 Å². The van der Waals surface area contributed by atoms with Crippen molar-refractivity contribution in [3.05, 3.63) is 81.3 Å². The number of furan rings is 1. The first kappa shape index (κ1) is 18.5. The third kappa shape index (κ3) is 4.65. The van der Waals surface area contributed by atoms with Crippen molar-refractivity contribution in [2.45, 2.75) is 0 Å². The first-order chi connectivity index (χ1) is 13.0. The Hall–Kier alpha value is -3.32. The summed E-state index contributed by atoms with van der Waals surface area (Å²) in [6, 6.07) is 12.9. The van der Waals surface area contributed by atoms with Gasteiger partial charge in [-0.3, -0.25) is 14.4 Å².